The minimum absolute atomic E-state index is 0.223. The Morgan fingerprint density at radius 2 is 2.17 bits per heavy atom. The number of H-pyrrole nitrogens is 1. The average molecular weight is 344 g/mol. The SMILES string of the molecule is Cc1nc([C@H]2CCCN2Cc2ncc(-c3ccc(Cl)cc3)o2)n[nH]1. The predicted molar refractivity (Wildman–Crippen MR) is 90.5 cm³/mol. The van der Waals surface area contributed by atoms with Gasteiger partial charge in [0.05, 0.1) is 18.8 Å². The molecule has 1 saturated heterocycles. The zero-order valence-corrected chi connectivity index (χ0v) is 14.1. The van der Waals surface area contributed by atoms with Crippen LogP contribution in [0.5, 0.6) is 0 Å². The van der Waals surface area contributed by atoms with Crippen LogP contribution in [0.25, 0.3) is 11.3 Å². The molecule has 0 unspecified atom stereocenters. The molecule has 1 atom stereocenters. The number of aryl methyl sites for hydroxylation is 1. The van der Waals surface area contributed by atoms with E-state index in [1.54, 1.807) is 6.20 Å². The van der Waals surface area contributed by atoms with Crippen molar-refractivity contribution >= 4 is 11.6 Å². The maximum atomic E-state index is 5.93. The first-order valence-corrected chi connectivity index (χ1v) is 8.40. The number of hydrogen-bond acceptors (Lipinski definition) is 5. The van der Waals surface area contributed by atoms with Gasteiger partial charge in [-0.2, -0.15) is 5.10 Å². The van der Waals surface area contributed by atoms with E-state index in [1.807, 2.05) is 31.2 Å². The molecule has 6 nitrogen and oxygen atoms in total. The van der Waals surface area contributed by atoms with Crippen LogP contribution in [0.3, 0.4) is 0 Å². The summed E-state index contributed by atoms with van der Waals surface area (Å²) in [6, 6.07) is 7.78. The van der Waals surface area contributed by atoms with Gasteiger partial charge in [-0.15, -0.1) is 0 Å². The van der Waals surface area contributed by atoms with Crippen LogP contribution in [0.2, 0.25) is 5.02 Å². The fourth-order valence-corrected chi connectivity index (χ4v) is 3.25. The molecule has 1 aliphatic heterocycles. The molecule has 124 valence electrons. The van der Waals surface area contributed by atoms with Crippen LogP contribution in [-0.2, 0) is 6.54 Å². The predicted octanol–water partition coefficient (Wildman–Crippen LogP) is 3.76. The Balaban J connectivity index is 1.50. The van der Waals surface area contributed by atoms with Crippen molar-refractivity contribution in [1.29, 1.82) is 0 Å². The van der Waals surface area contributed by atoms with Crippen molar-refractivity contribution in [2.75, 3.05) is 6.54 Å². The highest BCUT2D eigenvalue weighted by molar-refractivity contribution is 6.30. The summed E-state index contributed by atoms with van der Waals surface area (Å²) in [5.41, 5.74) is 0.973. The first-order valence-electron chi connectivity index (χ1n) is 8.02. The molecule has 24 heavy (non-hydrogen) atoms. The number of oxazole rings is 1. The Labute approximate surface area is 144 Å². The third kappa shape index (κ3) is 3.07. The second-order valence-electron chi connectivity index (χ2n) is 6.03. The van der Waals surface area contributed by atoms with Crippen LogP contribution in [0.1, 0.15) is 36.4 Å². The quantitative estimate of drug-likeness (QED) is 0.781. The first kappa shape index (κ1) is 15.4. The molecule has 0 radical (unpaired) electrons. The van der Waals surface area contributed by atoms with E-state index in [0.717, 1.165) is 42.4 Å². The van der Waals surface area contributed by atoms with E-state index >= 15 is 0 Å². The van der Waals surface area contributed by atoms with E-state index in [2.05, 4.69) is 25.1 Å². The van der Waals surface area contributed by atoms with E-state index in [0.29, 0.717) is 17.5 Å². The zero-order chi connectivity index (χ0) is 16.5. The molecule has 0 spiro atoms. The number of aromatic amines is 1. The fraction of sp³-hybridized carbons (Fsp3) is 0.353. The van der Waals surface area contributed by atoms with Gasteiger partial charge < -0.3 is 4.42 Å². The van der Waals surface area contributed by atoms with Crippen LogP contribution in [0, 0.1) is 6.92 Å². The Morgan fingerprint density at radius 3 is 2.92 bits per heavy atom. The van der Waals surface area contributed by atoms with Crippen molar-refractivity contribution in [3.8, 4) is 11.3 Å². The third-order valence-electron chi connectivity index (χ3n) is 4.30. The molecular formula is C17H18ClN5O. The van der Waals surface area contributed by atoms with Crippen LogP contribution in [0.15, 0.2) is 34.9 Å². The van der Waals surface area contributed by atoms with Crippen LogP contribution < -0.4 is 0 Å². The second kappa shape index (κ2) is 6.37. The van der Waals surface area contributed by atoms with Gasteiger partial charge in [0.2, 0.25) is 5.89 Å². The molecule has 4 rings (SSSR count). The largest absolute Gasteiger partial charge is 0.439 e. The fourth-order valence-electron chi connectivity index (χ4n) is 3.12. The number of benzene rings is 1. The monoisotopic (exact) mass is 343 g/mol. The van der Waals surface area contributed by atoms with Gasteiger partial charge in [-0.05, 0) is 50.6 Å². The number of rotatable bonds is 4. The van der Waals surface area contributed by atoms with E-state index in [-0.39, 0.29) is 6.04 Å². The maximum absolute atomic E-state index is 5.93. The maximum Gasteiger partial charge on any atom is 0.209 e. The topological polar surface area (TPSA) is 70.8 Å². The average Bonchev–Trinajstić information content (AvgIpc) is 3.30. The molecule has 0 amide bonds. The van der Waals surface area contributed by atoms with Gasteiger partial charge in [0.25, 0.3) is 0 Å². The van der Waals surface area contributed by atoms with Crippen molar-refractivity contribution in [3.05, 3.63) is 53.0 Å². The first-order chi connectivity index (χ1) is 11.7. The molecule has 1 N–H and O–H groups in total. The molecule has 1 aromatic carbocycles. The number of halogens is 1. The summed E-state index contributed by atoms with van der Waals surface area (Å²) in [6.45, 7) is 3.57. The number of likely N-dealkylation sites (tertiary alicyclic amines) is 1. The van der Waals surface area contributed by atoms with E-state index in [9.17, 15) is 0 Å². The summed E-state index contributed by atoms with van der Waals surface area (Å²) in [5.74, 6) is 3.16. The van der Waals surface area contributed by atoms with Gasteiger partial charge in [0, 0.05) is 10.6 Å². The molecule has 1 fully saturated rings. The zero-order valence-electron chi connectivity index (χ0n) is 13.4. The van der Waals surface area contributed by atoms with Gasteiger partial charge in [-0.25, -0.2) is 9.97 Å². The minimum atomic E-state index is 0.223. The number of aromatic nitrogens is 4. The molecule has 0 bridgehead atoms. The minimum Gasteiger partial charge on any atom is -0.439 e. The Kier molecular flexibility index (Phi) is 4.08. The lowest BCUT2D eigenvalue weighted by Crippen LogP contribution is -2.23. The third-order valence-corrected chi connectivity index (χ3v) is 4.55. The van der Waals surface area contributed by atoms with E-state index < -0.39 is 0 Å². The highest BCUT2D eigenvalue weighted by Crippen LogP contribution is 2.31. The molecule has 3 aromatic rings. The normalized spacial score (nSPS) is 18.3. The molecule has 1 aliphatic rings. The Bertz CT molecular complexity index is 826. The van der Waals surface area contributed by atoms with Crippen molar-refractivity contribution in [1.82, 2.24) is 25.1 Å². The van der Waals surface area contributed by atoms with Gasteiger partial charge >= 0.3 is 0 Å². The van der Waals surface area contributed by atoms with Crippen molar-refractivity contribution in [2.24, 2.45) is 0 Å². The van der Waals surface area contributed by atoms with Crippen molar-refractivity contribution < 1.29 is 4.42 Å². The summed E-state index contributed by atoms with van der Waals surface area (Å²) in [5, 5.41) is 7.94. The smallest absolute Gasteiger partial charge is 0.209 e. The summed E-state index contributed by atoms with van der Waals surface area (Å²) in [4.78, 5) is 11.2. The van der Waals surface area contributed by atoms with Crippen LogP contribution in [0.4, 0.5) is 0 Å². The lowest BCUT2D eigenvalue weighted by molar-refractivity contribution is 0.217. The Hall–Kier alpha value is -2.18. The standard InChI is InChI=1S/C17H18ClN5O/c1-11-20-17(22-21-11)14-3-2-8-23(14)10-16-19-9-15(24-16)12-4-6-13(18)7-5-12/h4-7,9,14H,2-3,8,10H2,1H3,(H,20,21,22)/t14-/m1/s1. The molecule has 3 heterocycles. The van der Waals surface area contributed by atoms with Gasteiger partial charge in [-0.3, -0.25) is 10.00 Å². The van der Waals surface area contributed by atoms with Gasteiger partial charge in [0.1, 0.15) is 5.82 Å². The summed E-state index contributed by atoms with van der Waals surface area (Å²) in [7, 11) is 0. The van der Waals surface area contributed by atoms with E-state index in [1.165, 1.54) is 0 Å². The molecule has 0 aliphatic carbocycles. The molecular weight excluding hydrogens is 326 g/mol. The van der Waals surface area contributed by atoms with Crippen LogP contribution in [-0.4, -0.2) is 31.6 Å². The van der Waals surface area contributed by atoms with Crippen molar-refractivity contribution in [3.63, 3.8) is 0 Å². The summed E-state index contributed by atoms with van der Waals surface area (Å²) < 4.78 is 5.92. The van der Waals surface area contributed by atoms with E-state index in [4.69, 9.17) is 16.0 Å². The molecule has 2 aromatic heterocycles. The van der Waals surface area contributed by atoms with Gasteiger partial charge in [-0.1, -0.05) is 11.6 Å². The second-order valence-corrected chi connectivity index (χ2v) is 6.47. The van der Waals surface area contributed by atoms with Gasteiger partial charge in [0.15, 0.2) is 11.6 Å². The number of nitrogens with one attached hydrogen (secondary N) is 1. The summed E-state index contributed by atoms with van der Waals surface area (Å²) in [6.07, 6.45) is 3.95. The summed E-state index contributed by atoms with van der Waals surface area (Å²) >= 11 is 5.93. The van der Waals surface area contributed by atoms with Crippen LogP contribution >= 0.6 is 11.6 Å². The highest BCUT2D eigenvalue weighted by atomic mass is 35.5. The number of hydrogen-bond donors (Lipinski definition) is 1. The molecule has 0 saturated carbocycles. The lowest BCUT2D eigenvalue weighted by Gasteiger charge is -2.20. The van der Waals surface area contributed by atoms with Crippen molar-refractivity contribution in [2.45, 2.75) is 32.4 Å². The lowest BCUT2D eigenvalue weighted by atomic mass is 10.2. The Morgan fingerprint density at radius 1 is 1.33 bits per heavy atom. The molecule has 7 heteroatoms. The number of nitrogens with zero attached hydrogens (tertiary/aromatic N) is 4. The highest BCUT2D eigenvalue weighted by Gasteiger charge is 2.30.